The van der Waals surface area contributed by atoms with Gasteiger partial charge in [0.1, 0.15) is 0 Å². The number of anilines is 2. The molecule has 96 valence electrons. The summed E-state index contributed by atoms with van der Waals surface area (Å²) in [5.41, 5.74) is 13.6. The van der Waals surface area contributed by atoms with Crippen molar-refractivity contribution in [1.82, 2.24) is 0 Å². The highest BCUT2D eigenvalue weighted by Crippen LogP contribution is 2.14. The Hall–Kier alpha value is -2.00. The van der Waals surface area contributed by atoms with Crippen LogP contribution in [-0.2, 0) is 11.3 Å². The number of nitrogen functional groups attached to an aromatic ring is 2. The Balaban J connectivity index is 0.000000225. The van der Waals surface area contributed by atoms with Gasteiger partial charge in [-0.05, 0) is 30.7 Å². The van der Waals surface area contributed by atoms with Gasteiger partial charge in [-0.2, -0.15) is 0 Å². The zero-order chi connectivity index (χ0) is 13.2. The van der Waals surface area contributed by atoms with E-state index in [0.717, 1.165) is 5.56 Å². The minimum Gasteiger partial charge on any atom is -0.399 e. The van der Waals surface area contributed by atoms with Gasteiger partial charge in [-0.1, -0.05) is 36.4 Å². The summed E-state index contributed by atoms with van der Waals surface area (Å²) in [6.45, 7) is 3.23. The third-order valence-electron chi connectivity index (χ3n) is 2.18. The SMILES string of the molecule is CCOCc1cc(N)cc(N)c1.c1ccccc1. The van der Waals surface area contributed by atoms with Gasteiger partial charge in [0.25, 0.3) is 0 Å². The molecule has 0 fully saturated rings. The molecule has 0 saturated carbocycles. The Morgan fingerprint density at radius 1 is 0.833 bits per heavy atom. The van der Waals surface area contributed by atoms with Crippen LogP contribution in [0.3, 0.4) is 0 Å². The molecule has 0 aromatic heterocycles. The lowest BCUT2D eigenvalue weighted by Crippen LogP contribution is -1.96. The van der Waals surface area contributed by atoms with Gasteiger partial charge in [0, 0.05) is 18.0 Å². The van der Waals surface area contributed by atoms with E-state index in [0.29, 0.717) is 24.6 Å². The summed E-state index contributed by atoms with van der Waals surface area (Å²) in [5.74, 6) is 0. The molecule has 2 aromatic carbocycles. The first-order chi connectivity index (χ1) is 8.72. The minimum atomic E-state index is 0.575. The quantitative estimate of drug-likeness (QED) is 0.816. The Morgan fingerprint density at radius 2 is 1.28 bits per heavy atom. The van der Waals surface area contributed by atoms with Crippen LogP contribution in [0, 0.1) is 0 Å². The Morgan fingerprint density at radius 3 is 1.67 bits per heavy atom. The molecule has 0 aliphatic heterocycles. The largest absolute Gasteiger partial charge is 0.399 e. The van der Waals surface area contributed by atoms with Gasteiger partial charge in [-0.3, -0.25) is 0 Å². The van der Waals surface area contributed by atoms with E-state index >= 15 is 0 Å². The zero-order valence-corrected chi connectivity index (χ0v) is 10.7. The van der Waals surface area contributed by atoms with Gasteiger partial charge in [0.05, 0.1) is 6.61 Å². The topological polar surface area (TPSA) is 61.3 Å². The summed E-state index contributed by atoms with van der Waals surface area (Å²) in [7, 11) is 0. The summed E-state index contributed by atoms with van der Waals surface area (Å²) in [4.78, 5) is 0. The molecule has 3 heteroatoms. The van der Waals surface area contributed by atoms with Crippen molar-refractivity contribution < 1.29 is 4.74 Å². The lowest BCUT2D eigenvalue weighted by molar-refractivity contribution is 0.134. The van der Waals surface area contributed by atoms with Crippen molar-refractivity contribution in [2.75, 3.05) is 18.1 Å². The van der Waals surface area contributed by atoms with Crippen LogP contribution >= 0.6 is 0 Å². The van der Waals surface area contributed by atoms with Crippen molar-refractivity contribution >= 4 is 11.4 Å². The van der Waals surface area contributed by atoms with Crippen LogP contribution in [0.1, 0.15) is 12.5 Å². The van der Waals surface area contributed by atoms with Crippen molar-refractivity contribution in [3.63, 3.8) is 0 Å². The van der Waals surface area contributed by atoms with Gasteiger partial charge in [-0.25, -0.2) is 0 Å². The molecule has 2 aromatic rings. The van der Waals surface area contributed by atoms with E-state index in [1.807, 2.05) is 55.5 Å². The molecule has 3 nitrogen and oxygen atoms in total. The van der Waals surface area contributed by atoms with Crippen LogP contribution in [0.4, 0.5) is 11.4 Å². The first-order valence-corrected chi connectivity index (χ1v) is 5.95. The highest BCUT2D eigenvalue weighted by Gasteiger charge is 1.95. The second-order valence-corrected chi connectivity index (χ2v) is 3.80. The van der Waals surface area contributed by atoms with Crippen molar-refractivity contribution in [1.29, 1.82) is 0 Å². The van der Waals surface area contributed by atoms with Gasteiger partial charge in [0.2, 0.25) is 0 Å². The maximum atomic E-state index is 5.60. The average Bonchev–Trinajstić information content (AvgIpc) is 2.38. The number of benzene rings is 2. The number of hydrogen-bond donors (Lipinski definition) is 2. The molecule has 0 aliphatic carbocycles. The molecule has 0 saturated heterocycles. The van der Waals surface area contributed by atoms with Gasteiger partial charge in [0.15, 0.2) is 0 Å². The summed E-state index contributed by atoms with van der Waals surface area (Å²) in [6.07, 6.45) is 0. The number of ether oxygens (including phenoxy) is 1. The van der Waals surface area contributed by atoms with Gasteiger partial charge >= 0.3 is 0 Å². The van der Waals surface area contributed by atoms with E-state index in [9.17, 15) is 0 Å². The van der Waals surface area contributed by atoms with E-state index in [4.69, 9.17) is 16.2 Å². The molecule has 0 amide bonds. The number of hydrogen-bond acceptors (Lipinski definition) is 3. The molecule has 0 bridgehead atoms. The van der Waals surface area contributed by atoms with Crippen LogP contribution in [-0.4, -0.2) is 6.61 Å². The average molecular weight is 244 g/mol. The molecule has 0 heterocycles. The molecule has 4 N–H and O–H groups in total. The Bertz CT molecular complexity index is 397. The third kappa shape index (κ3) is 5.92. The molecule has 0 spiro atoms. The first-order valence-electron chi connectivity index (χ1n) is 5.95. The summed E-state index contributed by atoms with van der Waals surface area (Å²) >= 11 is 0. The fraction of sp³-hybridized carbons (Fsp3) is 0.200. The zero-order valence-electron chi connectivity index (χ0n) is 10.7. The van der Waals surface area contributed by atoms with E-state index in [1.165, 1.54) is 0 Å². The molecule has 0 radical (unpaired) electrons. The van der Waals surface area contributed by atoms with Crippen molar-refractivity contribution in [3.8, 4) is 0 Å². The summed E-state index contributed by atoms with van der Waals surface area (Å²) < 4.78 is 5.22. The minimum absolute atomic E-state index is 0.575. The molecule has 0 unspecified atom stereocenters. The predicted molar refractivity (Wildman–Crippen MR) is 77.0 cm³/mol. The lowest BCUT2D eigenvalue weighted by atomic mass is 10.2. The van der Waals surface area contributed by atoms with Crippen LogP contribution in [0.2, 0.25) is 0 Å². The van der Waals surface area contributed by atoms with Crippen LogP contribution in [0.25, 0.3) is 0 Å². The lowest BCUT2D eigenvalue weighted by Gasteiger charge is -2.04. The standard InChI is InChI=1S/C9H14N2O.C6H6/c1-2-12-6-7-3-8(10)5-9(11)4-7;1-2-4-6-5-3-1/h3-5H,2,6,10-11H2,1H3;1-6H. The van der Waals surface area contributed by atoms with Crippen LogP contribution < -0.4 is 11.5 Å². The first kappa shape index (κ1) is 14.1. The van der Waals surface area contributed by atoms with Gasteiger partial charge < -0.3 is 16.2 Å². The Kier molecular flexibility index (Phi) is 6.36. The number of rotatable bonds is 3. The maximum Gasteiger partial charge on any atom is 0.0718 e. The van der Waals surface area contributed by atoms with Crippen LogP contribution in [0.15, 0.2) is 54.6 Å². The third-order valence-corrected chi connectivity index (χ3v) is 2.18. The fourth-order valence-electron chi connectivity index (χ4n) is 1.43. The van der Waals surface area contributed by atoms with E-state index < -0.39 is 0 Å². The molecular weight excluding hydrogens is 224 g/mol. The van der Waals surface area contributed by atoms with E-state index in [2.05, 4.69) is 0 Å². The fourth-order valence-corrected chi connectivity index (χ4v) is 1.43. The molecule has 0 aliphatic rings. The highest BCUT2D eigenvalue weighted by molar-refractivity contribution is 5.54. The van der Waals surface area contributed by atoms with Crippen molar-refractivity contribution in [2.24, 2.45) is 0 Å². The van der Waals surface area contributed by atoms with Crippen molar-refractivity contribution in [3.05, 3.63) is 60.2 Å². The second-order valence-electron chi connectivity index (χ2n) is 3.80. The monoisotopic (exact) mass is 244 g/mol. The number of nitrogens with two attached hydrogens (primary N) is 2. The van der Waals surface area contributed by atoms with Gasteiger partial charge in [-0.15, -0.1) is 0 Å². The molecular formula is C15H20N2O. The summed E-state index contributed by atoms with van der Waals surface area (Å²) in [5, 5.41) is 0. The van der Waals surface area contributed by atoms with E-state index in [1.54, 1.807) is 6.07 Å². The molecule has 2 rings (SSSR count). The second kappa shape index (κ2) is 8.14. The molecule has 0 atom stereocenters. The highest BCUT2D eigenvalue weighted by atomic mass is 16.5. The Labute approximate surface area is 108 Å². The van der Waals surface area contributed by atoms with E-state index in [-0.39, 0.29) is 0 Å². The predicted octanol–water partition coefficient (Wildman–Crippen LogP) is 3.07. The van der Waals surface area contributed by atoms with Crippen molar-refractivity contribution in [2.45, 2.75) is 13.5 Å². The van der Waals surface area contributed by atoms with Crippen LogP contribution in [0.5, 0.6) is 0 Å². The maximum absolute atomic E-state index is 5.60. The normalized spacial score (nSPS) is 9.39. The molecule has 18 heavy (non-hydrogen) atoms. The smallest absolute Gasteiger partial charge is 0.0718 e. The summed E-state index contributed by atoms with van der Waals surface area (Å²) in [6, 6.07) is 17.5.